The summed E-state index contributed by atoms with van der Waals surface area (Å²) >= 11 is 0. The van der Waals surface area contributed by atoms with Crippen molar-refractivity contribution in [3.63, 3.8) is 0 Å². The third-order valence-corrected chi connectivity index (χ3v) is 3.10. The summed E-state index contributed by atoms with van der Waals surface area (Å²) in [6.07, 6.45) is 0.253. The first-order valence-corrected chi connectivity index (χ1v) is 6.80. The van der Waals surface area contributed by atoms with Gasteiger partial charge in [-0.15, -0.1) is 5.10 Å². The molecule has 0 bridgehead atoms. The summed E-state index contributed by atoms with van der Waals surface area (Å²) in [4.78, 5) is 11.9. The predicted octanol–water partition coefficient (Wildman–Crippen LogP) is 1.96. The maximum absolute atomic E-state index is 11.9. The third-order valence-electron chi connectivity index (χ3n) is 3.10. The lowest BCUT2D eigenvalue weighted by atomic mass is 10.1. The minimum absolute atomic E-state index is 0.0785. The van der Waals surface area contributed by atoms with Gasteiger partial charge in [-0.2, -0.15) is 5.10 Å². The Hall–Kier alpha value is -2.96. The molecular weight excluding hydrogens is 282 g/mol. The number of hydrogen-bond acceptors (Lipinski definition) is 5. The average Bonchev–Trinajstić information content (AvgIpc) is 3.06. The van der Waals surface area contributed by atoms with E-state index in [-0.39, 0.29) is 18.3 Å². The standard InChI is InChI=1S/C15H15N5O2/c1-10-8-12(20(2)19-10)14-17-18-15(22-14)16-13(21)9-11-6-4-3-5-7-11/h3-8H,9H2,1-2H3,(H,16,18,21). The lowest BCUT2D eigenvalue weighted by molar-refractivity contribution is -0.115. The Bertz CT molecular complexity index is 791. The fourth-order valence-corrected chi connectivity index (χ4v) is 2.13. The first-order chi connectivity index (χ1) is 10.6. The molecule has 2 heterocycles. The van der Waals surface area contributed by atoms with Crippen molar-refractivity contribution in [3.05, 3.63) is 47.7 Å². The van der Waals surface area contributed by atoms with E-state index < -0.39 is 0 Å². The minimum atomic E-state index is -0.206. The van der Waals surface area contributed by atoms with Gasteiger partial charge in [0.1, 0.15) is 5.69 Å². The number of amides is 1. The van der Waals surface area contributed by atoms with E-state index in [0.29, 0.717) is 11.6 Å². The molecule has 1 N–H and O–H groups in total. The number of benzene rings is 1. The largest absolute Gasteiger partial charge is 0.401 e. The van der Waals surface area contributed by atoms with Crippen LogP contribution in [0.5, 0.6) is 0 Å². The topological polar surface area (TPSA) is 85.8 Å². The number of nitrogens with zero attached hydrogens (tertiary/aromatic N) is 4. The zero-order valence-electron chi connectivity index (χ0n) is 12.3. The average molecular weight is 297 g/mol. The molecule has 0 saturated carbocycles. The maximum atomic E-state index is 11.9. The highest BCUT2D eigenvalue weighted by molar-refractivity contribution is 5.90. The van der Waals surface area contributed by atoms with Gasteiger partial charge in [-0.1, -0.05) is 35.4 Å². The van der Waals surface area contributed by atoms with E-state index in [2.05, 4.69) is 20.6 Å². The fraction of sp³-hybridized carbons (Fsp3) is 0.200. The van der Waals surface area contributed by atoms with Gasteiger partial charge in [-0.25, -0.2) is 0 Å². The van der Waals surface area contributed by atoms with Crippen molar-refractivity contribution in [2.75, 3.05) is 5.32 Å². The van der Waals surface area contributed by atoms with E-state index in [1.54, 1.807) is 11.7 Å². The number of aromatic nitrogens is 4. The Morgan fingerprint density at radius 1 is 1.27 bits per heavy atom. The summed E-state index contributed by atoms with van der Waals surface area (Å²) in [6.45, 7) is 1.88. The van der Waals surface area contributed by atoms with Crippen LogP contribution in [0.15, 0.2) is 40.8 Å². The molecule has 3 aromatic rings. The van der Waals surface area contributed by atoms with Crippen molar-refractivity contribution in [1.29, 1.82) is 0 Å². The summed E-state index contributed by atoms with van der Waals surface area (Å²) in [5.74, 6) is 0.112. The first-order valence-electron chi connectivity index (χ1n) is 6.80. The number of anilines is 1. The Morgan fingerprint density at radius 3 is 2.73 bits per heavy atom. The van der Waals surface area contributed by atoms with Crippen LogP contribution in [0.3, 0.4) is 0 Å². The molecule has 0 saturated heterocycles. The van der Waals surface area contributed by atoms with E-state index in [4.69, 9.17) is 4.42 Å². The molecule has 22 heavy (non-hydrogen) atoms. The molecule has 2 aromatic heterocycles. The number of rotatable bonds is 4. The van der Waals surface area contributed by atoms with Crippen LogP contribution in [-0.4, -0.2) is 25.9 Å². The number of hydrogen-bond donors (Lipinski definition) is 1. The molecule has 0 spiro atoms. The van der Waals surface area contributed by atoms with Gasteiger partial charge in [-0.3, -0.25) is 14.8 Å². The van der Waals surface area contributed by atoms with Crippen LogP contribution in [-0.2, 0) is 18.3 Å². The second kappa shape index (κ2) is 5.80. The molecule has 0 radical (unpaired) electrons. The van der Waals surface area contributed by atoms with E-state index in [0.717, 1.165) is 11.3 Å². The van der Waals surface area contributed by atoms with Crippen molar-refractivity contribution >= 4 is 11.9 Å². The summed E-state index contributed by atoms with van der Waals surface area (Å²) in [5, 5.41) is 14.6. The van der Waals surface area contributed by atoms with Crippen LogP contribution < -0.4 is 5.32 Å². The highest BCUT2D eigenvalue weighted by atomic mass is 16.4. The van der Waals surface area contributed by atoms with Gasteiger partial charge in [0.2, 0.25) is 5.91 Å². The molecule has 0 aliphatic heterocycles. The van der Waals surface area contributed by atoms with Gasteiger partial charge >= 0.3 is 6.01 Å². The van der Waals surface area contributed by atoms with Gasteiger partial charge < -0.3 is 4.42 Å². The van der Waals surface area contributed by atoms with Crippen molar-refractivity contribution < 1.29 is 9.21 Å². The summed E-state index contributed by atoms with van der Waals surface area (Å²) < 4.78 is 7.11. The number of nitrogens with one attached hydrogen (secondary N) is 1. The molecule has 0 unspecified atom stereocenters. The van der Waals surface area contributed by atoms with E-state index in [9.17, 15) is 4.79 Å². The number of carbonyl (C=O) groups is 1. The van der Waals surface area contributed by atoms with Crippen LogP contribution in [0.1, 0.15) is 11.3 Å². The zero-order valence-corrected chi connectivity index (χ0v) is 12.3. The normalized spacial score (nSPS) is 10.6. The van der Waals surface area contributed by atoms with Crippen LogP contribution in [0.4, 0.5) is 6.01 Å². The second-order valence-electron chi connectivity index (χ2n) is 4.92. The van der Waals surface area contributed by atoms with Gasteiger partial charge in [-0.05, 0) is 18.6 Å². The van der Waals surface area contributed by atoms with Crippen molar-refractivity contribution in [2.24, 2.45) is 7.05 Å². The molecule has 7 heteroatoms. The van der Waals surface area contributed by atoms with Crippen LogP contribution >= 0.6 is 0 Å². The molecule has 1 aromatic carbocycles. The van der Waals surface area contributed by atoms with Crippen molar-refractivity contribution in [1.82, 2.24) is 20.0 Å². The predicted molar refractivity (Wildman–Crippen MR) is 80.0 cm³/mol. The van der Waals surface area contributed by atoms with Gasteiger partial charge in [0.25, 0.3) is 5.89 Å². The van der Waals surface area contributed by atoms with E-state index in [1.165, 1.54) is 0 Å². The molecule has 3 rings (SSSR count). The highest BCUT2D eigenvalue weighted by Gasteiger charge is 2.14. The van der Waals surface area contributed by atoms with Crippen LogP contribution in [0, 0.1) is 6.92 Å². The van der Waals surface area contributed by atoms with Crippen LogP contribution in [0.2, 0.25) is 0 Å². The van der Waals surface area contributed by atoms with Crippen molar-refractivity contribution in [3.8, 4) is 11.6 Å². The number of aryl methyl sites for hydroxylation is 2. The van der Waals surface area contributed by atoms with Gasteiger partial charge in [0.15, 0.2) is 0 Å². The molecule has 7 nitrogen and oxygen atoms in total. The molecule has 1 amide bonds. The van der Waals surface area contributed by atoms with E-state index >= 15 is 0 Å². The lowest BCUT2D eigenvalue weighted by Crippen LogP contribution is -2.14. The Kier molecular flexibility index (Phi) is 3.69. The summed E-state index contributed by atoms with van der Waals surface area (Å²) in [7, 11) is 1.79. The van der Waals surface area contributed by atoms with Gasteiger partial charge in [0, 0.05) is 7.05 Å². The second-order valence-corrected chi connectivity index (χ2v) is 4.92. The van der Waals surface area contributed by atoms with E-state index in [1.807, 2.05) is 43.3 Å². The minimum Gasteiger partial charge on any atom is -0.401 e. The molecule has 0 aliphatic rings. The SMILES string of the molecule is Cc1cc(-c2nnc(NC(=O)Cc3ccccc3)o2)n(C)n1. The summed E-state index contributed by atoms with van der Waals surface area (Å²) in [6, 6.07) is 11.4. The molecule has 112 valence electrons. The Morgan fingerprint density at radius 2 is 2.05 bits per heavy atom. The fourth-order valence-electron chi connectivity index (χ4n) is 2.13. The lowest BCUT2D eigenvalue weighted by Gasteiger charge is -2.00. The molecule has 0 aliphatic carbocycles. The smallest absolute Gasteiger partial charge is 0.322 e. The first kappa shape index (κ1) is 14.0. The molecule has 0 atom stereocenters. The van der Waals surface area contributed by atoms with Crippen molar-refractivity contribution in [2.45, 2.75) is 13.3 Å². The highest BCUT2D eigenvalue weighted by Crippen LogP contribution is 2.20. The Labute approximate surface area is 127 Å². The van der Waals surface area contributed by atoms with Crippen LogP contribution in [0.25, 0.3) is 11.6 Å². The monoisotopic (exact) mass is 297 g/mol. The quantitative estimate of drug-likeness (QED) is 0.795. The third kappa shape index (κ3) is 3.03. The molecular formula is C15H15N5O2. The molecule has 0 fully saturated rings. The maximum Gasteiger partial charge on any atom is 0.322 e. The Balaban J connectivity index is 1.69. The zero-order chi connectivity index (χ0) is 15.5. The summed E-state index contributed by atoms with van der Waals surface area (Å²) in [5.41, 5.74) is 2.47. The van der Waals surface area contributed by atoms with Gasteiger partial charge in [0.05, 0.1) is 12.1 Å². The number of carbonyl (C=O) groups excluding carboxylic acids is 1.